The number of rotatable bonds is 14. The molecule has 0 bridgehead atoms. The zero-order chi connectivity index (χ0) is 26.7. The van der Waals surface area contributed by atoms with Crippen molar-refractivity contribution in [3.05, 3.63) is 0 Å². The number of nitrogens with one attached hydrogen (secondary N) is 4. The Bertz CT molecular complexity index is 727. The lowest BCUT2D eigenvalue weighted by atomic mass is 9.99. The number of amides is 4. The summed E-state index contributed by atoms with van der Waals surface area (Å²) in [7, 11) is 0. The second-order valence-corrected chi connectivity index (χ2v) is 9.63. The predicted molar refractivity (Wildman–Crippen MR) is 128 cm³/mol. The highest BCUT2D eigenvalue weighted by Gasteiger charge is 2.31. The van der Waals surface area contributed by atoms with Crippen LogP contribution in [0.25, 0.3) is 0 Å². The fourth-order valence-corrected chi connectivity index (χ4v) is 3.06. The third-order valence-corrected chi connectivity index (χ3v) is 5.63. The van der Waals surface area contributed by atoms with Gasteiger partial charge in [-0.2, -0.15) is 0 Å². The van der Waals surface area contributed by atoms with E-state index in [1.165, 1.54) is 13.8 Å². The van der Waals surface area contributed by atoms with E-state index in [1.807, 2.05) is 27.7 Å². The molecule has 0 aromatic rings. The molecule has 0 rings (SSSR count). The van der Waals surface area contributed by atoms with Gasteiger partial charge in [0.25, 0.3) is 0 Å². The van der Waals surface area contributed by atoms with Crippen LogP contribution in [0.2, 0.25) is 0 Å². The number of carboxylic acid groups (broad SMARTS) is 1. The number of carboxylic acids is 1. The van der Waals surface area contributed by atoms with Crippen molar-refractivity contribution in [3.63, 3.8) is 0 Å². The minimum atomic E-state index is -1.15. The predicted octanol–water partition coefficient (Wildman–Crippen LogP) is 0.126. The van der Waals surface area contributed by atoms with E-state index in [0.717, 1.165) is 0 Å². The third-order valence-electron chi connectivity index (χ3n) is 5.63. The van der Waals surface area contributed by atoms with E-state index in [1.54, 1.807) is 13.8 Å². The van der Waals surface area contributed by atoms with Gasteiger partial charge in [-0.05, 0) is 38.0 Å². The van der Waals surface area contributed by atoms with Gasteiger partial charge in [-0.3, -0.25) is 19.2 Å². The van der Waals surface area contributed by atoms with E-state index in [-0.39, 0.29) is 24.2 Å². The van der Waals surface area contributed by atoms with Gasteiger partial charge in [0.1, 0.15) is 24.2 Å². The summed E-state index contributed by atoms with van der Waals surface area (Å²) in [6.07, 6.45) is 0.957. The molecule has 0 radical (unpaired) electrons. The molecule has 11 heteroatoms. The van der Waals surface area contributed by atoms with Crippen molar-refractivity contribution in [1.82, 2.24) is 21.3 Å². The Hall–Kier alpha value is -2.69. The van der Waals surface area contributed by atoms with Crippen molar-refractivity contribution in [2.24, 2.45) is 23.5 Å². The normalized spacial score (nSPS) is 16.6. The van der Waals surface area contributed by atoms with Gasteiger partial charge >= 0.3 is 5.97 Å². The van der Waals surface area contributed by atoms with Crippen LogP contribution in [0.1, 0.15) is 68.2 Å². The van der Waals surface area contributed by atoms with Crippen LogP contribution in [0, 0.1) is 17.8 Å². The molecule has 4 amide bonds. The summed E-state index contributed by atoms with van der Waals surface area (Å²) in [6.45, 7) is 13.8. The Morgan fingerprint density at radius 1 is 0.735 bits per heavy atom. The molecular weight excluding hydrogens is 442 g/mol. The molecule has 196 valence electrons. The highest BCUT2D eigenvalue weighted by Crippen LogP contribution is 2.08. The maximum Gasteiger partial charge on any atom is 0.326 e. The quantitative estimate of drug-likeness (QED) is 0.202. The van der Waals surface area contributed by atoms with Crippen molar-refractivity contribution >= 4 is 29.6 Å². The average Bonchev–Trinajstić information content (AvgIpc) is 2.74. The lowest BCUT2D eigenvalue weighted by Crippen LogP contribution is -2.58. The molecule has 0 heterocycles. The van der Waals surface area contributed by atoms with Crippen molar-refractivity contribution < 1.29 is 29.1 Å². The van der Waals surface area contributed by atoms with Crippen molar-refractivity contribution in [2.75, 3.05) is 0 Å². The second-order valence-electron chi connectivity index (χ2n) is 9.63. The Labute approximate surface area is 202 Å². The second kappa shape index (κ2) is 14.5. The van der Waals surface area contributed by atoms with E-state index in [0.29, 0.717) is 6.42 Å². The van der Waals surface area contributed by atoms with Gasteiger partial charge in [0, 0.05) is 0 Å². The summed E-state index contributed by atoms with van der Waals surface area (Å²) in [4.78, 5) is 61.4. The molecule has 0 aromatic carbocycles. The first-order valence-corrected chi connectivity index (χ1v) is 11.8. The van der Waals surface area contributed by atoms with Crippen molar-refractivity contribution in [2.45, 2.75) is 98.4 Å². The molecule has 0 saturated heterocycles. The molecule has 0 spiro atoms. The highest BCUT2D eigenvalue weighted by atomic mass is 16.4. The average molecular weight is 486 g/mol. The lowest BCUT2D eigenvalue weighted by molar-refractivity contribution is -0.143. The van der Waals surface area contributed by atoms with E-state index in [9.17, 15) is 29.1 Å². The monoisotopic (exact) mass is 485 g/mol. The minimum Gasteiger partial charge on any atom is -0.480 e. The Kier molecular flexibility index (Phi) is 13.4. The standard InChI is InChI=1S/C23H43N5O6/c1-9-13(6)17(24)21(31)26-14(7)19(29)25-15(8)20(30)28-18(12(4)5)22(32)27-16(23(33)34)10-11(2)3/h11-18H,9-10,24H2,1-8H3,(H,25,29)(H,26,31)(H,27,32)(H,28,30)(H,33,34)/t13-,14+,15+,16+,17-,18-/m0/s1. The smallest absolute Gasteiger partial charge is 0.326 e. The van der Waals surface area contributed by atoms with E-state index in [4.69, 9.17) is 5.73 Å². The van der Waals surface area contributed by atoms with E-state index >= 15 is 0 Å². The van der Waals surface area contributed by atoms with Crippen LogP contribution in [0.4, 0.5) is 0 Å². The van der Waals surface area contributed by atoms with Gasteiger partial charge < -0.3 is 32.1 Å². The van der Waals surface area contributed by atoms with Gasteiger partial charge in [0.15, 0.2) is 0 Å². The fourth-order valence-electron chi connectivity index (χ4n) is 3.06. The van der Waals surface area contributed by atoms with Gasteiger partial charge in [-0.1, -0.05) is 48.0 Å². The molecule has 0 aromatic heterocycles. The minimum absolute atomic E-state index is 0.0472. The Balaban J connectivity index is 5.05. The van der Waals surface area contributed by atoms with Crippen LogP contribution in [0.3, 0.4) is 0 Å². The molecule has 0 saturated carbocycles. The number of nitrogens with two attached hydrogens (primary N) is 1. The van der Waals surface area contributed by atoms with Crippen LogP contribution >= 0.6 is 0 Å². The summed E-state index contributed by atoms with van der Waals surface area (Å²) in [5.74, 6) is -3.77. The van der Waals surface area contributed by atoms with Crippen LogP contribution in [-0.4, -0.2) is 64.9 Å². The van der Waals surface area contributed by atoms with Crippen LogP contribution in [0.5, 0.6) is 0 Å². The topological polar surface area (TPSA) is 180 Å². The summed E-state index contributed by atoms with van der Waals surface area (Å²) >= 11 is 0. The molecule has 0 fully saturated rings. The third kappa shape index (κ3) is 10.5. The van der Waals surface area contributed by atoms with Gasteiger partial charge in [0.2, 0.25) is 23.6 Å². The fraction of sp³-hybridized carbons (Fsp3) is 0.783. The first-order chi connectivity index (χ1) is 15.6. The van der Waals surface area contributed by atoms with Crippen LogP contribution in [0.15, 0.2) is 0 Å². The molecule has 0 aliphatic rings. The molecule has 11 nitrogen and oxygen atoms in total. The number of carbonyl (C=O) groups excluding carboxylic acids is 4. The number of aliphatic carboxylic acids is 1. The SMILES string of the molecule is CC[C@H](C)[C@H](N)C(=O)N[C@H](C)C(=O)N[C@H](C)C(=O)N[C@H](C(=O)N[C@H](CC(C)C)C(=O)O)C(C)C. The van der Waals surface area contributed by atoms with Gasteiger partial charge in [0.05, 0.1) is 6.04 Å². The molecule has 0 aliphatic carbocycles. The molecule has 0 unspecified atom stereocenters. The maximum atomic E-state index is 12.7. The lowest BCUT2D eigenvalue weighted by Gasteiger charge is -2.26. The summed E-state index contributed by atoms with van der Waals surface area (Å²) < 4.78 is 0. The largest absolute Gasteiger partial charge is 0.480 e. The maximum absolute atomic E-state index is 12.7. The molecule has 6 atom stereocenters. The molecule has 0 aliphatic heterocycles. The molecular formula is C23H43N5O6. The Morgan fingerprint density at radius 2 is 1.21 bits per heavy atom. The first kappa shape index (κ1) is 31.3. The number of hydrogen-bond donors (Lipinski definition) is 6. The summed E-state index contributed by atoms with van der Waals surface area (Å²) in [5, 5.41) is 19.5. The Morgan fingerprint density at radius 3 is 1.62 bits per heavy atom. The first-order valence-electron chi connectivity index (χ1n) is 11.8. The number of carbonyl (C=O) groups is 5. The van der Waals surface area contributed by atoms with Crippen molar-refractivity contribution in [3.8, 4) is 0 Å². The number of hydrogen-bond acceptors (Lipinski definition) is 6. The van der Waals surface area contributed by atoms with Crippen molar-refractivity contribution in [1.29, 1.82) is 0 Å². The van der Waals surface area contributed by atoms with E-state index < -0.39 is 59.8 Å². The molecule has 7 N–H and O–H groups in total. The zero-order valence-electron chi connectivity index (χ0n) is 21.6. The summed E-state index contributed by atoms with van der Waals surface area (Å²) in [5.41, 5.74) is 5.88. The van der Waals surface area contributed by atoms with Gasteiger partial charge in [-0.25, -0.2) is 4.79 Å². The van der Waals surface area contributed by atoms with E-state index in [2.05, 4.69) is 21.3 Å². The highest BCUT2D eigenvalue weighted by molar-refractivity contribution is 5.95. The zero-order valence-corrected chi connectivity index (χ0v) is 21.6. The van der Waals surface area contributed by atoms with Crippen LogP contribution < -0.4 is 27.0 Å². The molecule has 34 heavy (non-hydrogen) atoms. The van der Waals surface area contributed by atoms with Crippen LogP contribution in [-0.2, 0) is 24.0 Å². The summed E-state index contributed by atoms with van der Waals surface area (Å²) in [6, 6.07) is -4.75. The van der Waals surface area contributed by atoms with Gasteiger partial charge in [-0.15, -0.1) is 0 Å².